The average Bonchev–Trinajstić information content (AvgIpc) is 3.28. The minimum Gasteiger partial charge on any atom is -0.326 e. The predicted octanol–water partition coefficient (Wildman–Crippen LogP) is 6.43. The van der Waals surface area contributed by atoms with E-state index < -0.39 is 0 Å². The van der Waals surface area contributed by atoms with Crippen molar-refractivity contribution in [2.24, 2.45) is 0 Å². The van der Waals surface area contributed by atoms with Crippen LogP contribution in [0, 0.1) is 6.92 Å². The van der Waals surface area contributed by atoms with Crippen molar-refractivity contribution in [2.45, 2.75) is 38.2 Å². The van der Waals surface area contributed by atoms with Gasteiger partial charge >= 0.3 is 0 Å². The Morgan fingerprint density at radius 2 is 1.69 bits per heavy atom. The van der Waals surface area contributed by atoms with Crippen molar-refractivity contribution in [3.8, 4) is 11.4 Å². The van der Waals surface area contributed by atoms with Crippen molar-refractivity contribution in [2.75, 3.05) is 10.6 Å². The number of hydrogen-bond donors (Lipinski definition) is 2. The quantitative estimate of drug-likeness (QED) is 0.262. The normalized spacial score (nSPS) is 10.8. The van der Waals surface area contributed by atoms with Gasteiger partial charge in [0.05, 0.1) is 0 Å². The van der Waals surface area contributed by atoms with Crippen LogP contribution in [0.15, 0.2) is 71.9 Å². The lowest BCUT2D eigenvalue weighted by molar-refractivity contribution is -0.114. The highest BCUT2D eigenvalue weighted by Crippen LogP contribution is 2.27. The van der Waals surface area contributed by atoms with Crippen LogP contribution in [0.1, 0.15) is 35.3 Å². The Balaban J connectivity index is 1.41. The molecule has 0 saturated heterocycles. The van der Waals surface area contributed by atoms with Gasteiger partial charge in [0.15, 0.2) is 11.0 Å². The number of carbonyl (C=O) groups excluding carboxylic acids is 2. The molecule has 4 aromatic rings. The van der Waals surface area contributed by atoms with Crippen LogP contribution in [-0.4, -0.2) is 26.6 Å². The largest absolute Gasteiger partial charge is 0.326 e. The van der Waals surface area contributed by atoms with Gasteiger partial charge in [-0.3, -0.25) is 9.59 Å². The van der Waals surface area contributed by atoms with E-state index in [9.17, 15) is 9.59 Å². The molecule has 4 rings (SSSR count). The zero-order valence-electron chi connectivity index (χ0n) is 20.2. The molecule has 2 N–H and O–H groups in total. The van der Waals surface area contributed by atoms with E-state index in [-0.39, 0.29) is 11.8 Å². The number of nitrogens with one attached hydrogen (secondary N) is 2. The van der Waals surface area contributed by atoms with Crippen LogP contribution in [-0.2, 0) is 17.1 Å². The van der Waals surface area contributed by atoms with E-state index in [2.05, 4.69) is 32.3 Å². The van der Waals surface area contributed by atoms with E-state index in [0.717, 1.165) is 39.9 Å². The molecule has 36 heavy (non-hydrogen) atoms. The maximum Gasteiger partial charge on any atom is 0.255 e. The molecule has 3 aromatic carbocycles. The second-order valence-electron chi connectivity index (χ2n) is 8.21. The Morgan fingerprint density at radius 3 is 2.36 bits per heavy atom. The van der Waals surface area contributed by atoms with E-state index in [1.807, 2.05) is 61.5 Å². The fraction of sp³-hybridized carbons (Fsp3) is 0.185. The number of hydrogen-bond acceptors (Lipinski definition) is 5. The number of amides is 2. The first-order chi connectivity index (χ1) is 17.3. The first kappa shape index (κ1) is 25.5. The van der Waals surface area contributed by atoms with Gasteiger partial charge in [0.25, 0.3) is 5.91 Å². The summed E-state index contributed by atoms with van der Waals surface area (Å²) in [5.74, 6) is 1.18. The van der Waals surface area contributed by atoms with Gasteiger partial charge in [0.1, 0.15) is 0 Å². The third-order valence-electron chi connectivity index (χ3n) is 5.53. The van der Waals surface area contributed by atoms with Crippen LogP contribution in [0.25, 0.3) is 11.4 Å². The zero-order valence-corrected chi connectivity index (χ0v) is 21.8. The summed E-state index contributed by atoms with van der Waals surface area (Å²) >= 11 is 7.64. The molecule has 0 radical (unpaired) electrons. The molecule has 0 spiro atoms. The highest BCUT2D eigenvalue weighted by atomic mass is 35.5. The molecule has 2 amide bonds. The van der Waals surface area contributed by atoms with Crippen molar-refractivity contribution >= 4 is 46.6 Å². The second-order valence-corrected chi connectivity index (χ2v) is 9.59. The Hall–Kier alpha value is -3.62. The summed E-state index contributed by atoms with van der Waals surface area (Å²) in [6.45, 7) is 6.18. The topological polar surface area (TPSA) is 88.9 Å². The standard InChI is InChI=1S/C27H26ClN5O2S/c1-4-33-25(20-10-13-23(14-11-20)29-18(3)34)31-32-27(33)36-16-19-6-8-21(9-7-19)26(35)30-24-15-22(28)12-5-17(24)2/h5-15H,4,16H2,1-3H3,(H,29,34)(H,30,35). The monoisotopic (exact) mass is 519 g/mol. The zero-order chi connectivity index (χ0) is 25.7. The number of carbonyl (C=O) groups is 2. The third kappa shape index (κ3) is 6.13. The summed E-state index contributed by atoms with van der Waals surface area (Å²) in [6, 6.07) is 20.5. The molecule has 0 aliphatic carbocycles. The molecule has 0 aliphatic rings. The molecule has 0 bridgehead atoms. The number of rotatable bonds is 8. The van der Waals surface area contributed by atoms with E-state index in [4.69, 9.17) is 11.6 Å². The Kier molecular flexibility index (Phi) is 8.07. The molecule has 0 atom stereocenters. The van der Waals surface area contributed by atoms with E-state index in [1.165, 1.54) is 6.92 Å². The summed E-state index contributed by atoms with van der Waals surface area (Å²) in [5.41, 5.74) is 4.96. The van der Waals surface area contributed by atoms with Crippen molar-refractivity contribution < 1.29 is 9.59 Å². The third-order valence-corrected chi connectivity index (χ3v) is 6.80. The fourth-order valence-corrected chi connectivity index (χ4v) is 4.75. The molecule has 1 heterocycles. The van der Waals surface area contributed by atoms with Crippen LogP contribution in [0.3, 0.4) is 0 Å². The molecule has 7 nitrogen and oxygen atoms in total. The summed E-state index contributed by atoms with van der Waals surface area (Å²) in [5, 5.41) is 15.9. The molecule has 1 aromatic heterocycles. The number of halogens is 1. The highest BCUT2D eigenvalue weighted by Gasteiger charge is 2.14. The first-order valence-corrected chi connectivity index (χ1v) is 12.8. The van der Waals surface area contributed by atoms with E-state index in [1.54, 1.807) is 23.9 Å². The summed E-state index contributed by atoms with van der Waals surface area (Å²) in [6.07, 6.45) is 0. The lowest BCUT2D eigenvalue weighted by atomic mass is 10.1. The SMILES string of the molecule is CCn1c(SCc2ccc(C(=O)Nc3cc(Cl)ccc3C)cc2)nnc1-c1ccc(NC(C)=O)cc1. The molecular formula is C27H26ClN5O2S. The Morgan fingerprint density at radius 1 is 0.972 bits per heavy atom. The highest BCUT2D eigenvalue weighted by molar-refractivity contribution is 7.98. The number of aromatic nitrogens is 3. The minimum absolute atomic E-state index is 0.108. The van der Waals surface area contributed by atoms with Crippen LogP contribution >= 0.6 is 23.4 Å². The van der Waals surface area contributed by atoms with Gasteiger partial charge in [-0.05, 0) is 73.5 Å². The van der Waals surface area contributed by atoms with Gasteiger partial charge in [-0.2, -0.15) is 0 Å². The number of thioether (sulfide) groups is 1. The number of aryl methyl sites for hydroxylation is 1. The number of anilines is 2. The lowest BCUT2D eigenvalue weighted by Crippen LogP contribution is -2.12. The average molecular weight is 520 g/mol. The van der Waals surface area contributed by atoms with E-state index in [0.29, 0.717) is 22.0 Å². The van der Waals surface area contributed by atoms with Crippen LogP contribution in [0.2, 0.25) is 5.02 Å². The van der Waals surface area contributed by atoms with Gasteiger partial charge in [-0.15, -0.1) is 10.2 Å². The van der Waals surface area contributed by atoms with E-state index >= 15 is 0 Å². The van der Waals surface area contributed by atoms with Gasteiger partial charge < -0.3 is 15.2 Å². The van der Waals surface area contributed by atoms with Crippen molar-refractivity contribution in [3.05, 3.63) is 88.4 Å². The molecule has 0 unspecified atom stereocenters. The van der Waals surface area contributed by atoms with Crippen molar-refractivity contribution in [3.63, 3.8) is 0 Å². The van der Waals surface area contributed by atoms with Gasteiger partial charge in [-0.1, -0.05) is 41.6 Å². The smallest absolute Gasteiger partial charge is 0.255 e. The first-order valence-electron chi connectivity index (χ1n) is 11.4. The van der Waals surface area contributed by atoms with Crippen LogP contribution < -0.4 is 10.6 Å². The maximum absolute atomic E-state index is 12.7. The van der Waals surface area contributed by atoms with Gasteiger partial charge in [-0.25, -0.2) is 0 Å². The Bertz CT molecular complexity index is 1380. The maximum atomic E-state index is 12.7. The predicted molar refractivity (Wildman–Crippen MR) is 146 cm³/mol. The van der Waals surface area contributed by atoms with Gasteiger partial charge in [0.2, 0.25) is 5.91 Å². The number of benzene rings is 3. The van der Waals surface area contributed by atoms with Crippen molar-refractivity contribution in [1.29, 1.82) is 0 Å². The summed E-state index contributed by atoms with van der Waals surface area (Å²) in [4.78, 5) is 23.9. The lowest BCUT2D eigenvalue weighted by Gasteiger charge is -2.10. The molecule has 9 heteroatoms. The van der Waals surface area contributed by atoms with Crippen LogP contribution in [0.5, 0.6) is 0 Å². The second kappa shape index (κ2) is 11.4. The molecule has 0 fully saturated rings. The fourth-order valence-electron chi connectivity index (χ4n) is 3.62. The minimum atomic E-state index is -0.181. The van der Waals surface area contributed by atoms with Crippen molar-refractivity contribution in [1.82, 2.24) is 14.8 Å². The molecule has 184 valence electrons. The van der Waals surface area contributed by atoms with Gasteiger partial charge in [0, 0.05) is 46.7 Å². The number of nitrogens with zero attached hydrogens (tertiary/aromatic N) is 3. The Labute approximate surface area is 219 Å². The molecule has 0 aliphatic heterocycles. The summed E-state index contributed by atoms with van der Waals surface area (Å²) < 4.78 is 2.06. The molecule has 0 saturated carbocycles. The van der Waals surface area contributed by atoms with Crippen LogP contribution in [0.4, 0.5) is 11.4 Å². The summed E-state index contributed by atoms with van der Waals surface area (Å²) in [7, 11) is 0. The molecular weight excluding hydrogens is 494 g/mol.